The molecule has 4 aromatic rings. The van der Waals surface area contributed by atoms with Crippen molar-refractivity contribution in [3.05, 3.63) is 80.7 Å². The molecule has 0 aliphatic heterocycles. The van der Waals surface area contributed by atoms with Crippen LogP contribution in [0.1, 0.15) is 28.8 Å². The molecule has 2 aromatic carbocycles. The summed E-state index contributed by atoms with van der Waals surface area (Å²) >= 11 is 1.61. The van der Waals surface area contributed by atoms with Crippen molar-refractivity contribution in [3.63, 3.8) is 0 Å². The monoisotopic (exact) mass is 420 g/mol. The van der Waals surface area contributed by atoms with Gasteiger partial charge in [0.2, 0.25) is 0 Å². The third-order valence-electron chi connectivity index (χ3n) is 5.72. The molecule has 0 bridgehead atoms. The first-order valence-corrected chi connectivity index (χ1v) is 11.0. The van der Waals surface area contributed by atoms with Crippen molar-refractivity contribution in [2.45, 2.75) is 38.6 Å². The van der Waals surface area contributed by atoms with Crippen LogP contribution in [-0.4, -0.2) is 14.7 Å². The smallest absolute Gasteiger partial charge is 0.262 e. The second kappa shape index (κ2) is 7.69. The summed E-state index contributed by atoms with van der Waals surface area (Å²) in [5.74, 6) is 0.367. The Hall–Kier alpha value is -2.99. The number of hydrogen-bond acceptors (Lipinski definition) is 4. The fraction of sp³-hybridized carbons (Fsp3) is 0.250. The van der Waals surface area contributed by atoms with E-state index in [4.69, 9.17) is 4.98 Å². The predicted molar refractivity (Wildman–Crippen MR) is 118 cm³/mol. The molecule has 0 saturated heterocycles. The van der Waals surface area contributed by atoms with Crippen LogP contribution < -0.4 is 5.56 Å². The van der Waals surface area contributed by atoms with Gasteiger partial charge >= 0.3 is 0 Å². The average Bonchev–Trinajstić information content (AvgIpc) is 3.13. The molecule has 0 spiro atoms. The lowest BCUT2D eigenvalue weighted by Gasteiger charge is -2.14. The Morgan fingerprint density at radius 2 is 1.90 bits per heavy atom. The van der Waals surface area contributed by atoms with E-state index in [1.165, 1.54) is 17.0 Å². The zero-order valence-electron chi connectivity index (χ0n) is 16.4. The molecule has 0 unspecified atom stereocenters. The highest BCUT2D eigenvalue weighted by Gasteiger charge is 2.22. The Bertz CT molecular complexity index is 1290. The van der Waals surface area contributed by atoms with Gasteiger partial charge in [0, 0.05) is 17.0 Å². The van der Waals surface area contributed by atoms with Gasteiger partial charge in [-0.1, -0.05) is 24.3 Å². The van der Waals surface area contributed by atoms with Gasteiger partial charge in [-0.3, -0.25) is 9.36 Å². The second-order valence-electron chi connectivity index (χ2n) is 7.71. The molecular weight excluding hydrogens is 399 g/mol. The van der Waals surface area contributed by atoms with Crippen LogP contribution in [0.15, 0.2) is 53.3 Å². The van der Waals surface area contributed by atoms with E-state index < -0.39 is 0 Å². The second-order valence-corrected chi connectivity index (χ2v) is 8.79. The van der Waals surface area contributed by atoms with E-state index in [1.807, 2.05) is 12.1 Å². The van der Waals surface area contributed by atoms with Crippen LogP contribution in [0, 0.1) is 5.82 Å². The van der Waals surface area contributed by atoms with Crippen LogP contribution in [0.3, 0.4) is 0 Å². The fourth-order valence-electron chi connectivity index (χ4n) is 4.20. The van der Waals surface area contributed by atoms with E-state index in [0.29, 0.717) is 24.4 Å². The molecule has 1 aliphatic carbocycles. The normalized spacial score (nSPS) is 13.5. The van der Waals surface area contributed by atoms with Crippen LogP contribution in [0.4, 0.5) is 4.39 Å². The molecule has 0 amide bonds. The first kappa shape index (κ1) is 19.0. The number of phenolic OH excluding ortho intramolecular Hbond substituents is 1. The van der Waals surface area contributed by atoms with E-state index in [1.54, 1.807) is 40.2 Å². The molecule has 152 valence electrons. The summed E-state index contributed by atoms with van der Waals surface area (Å²) in [6, 6.07) is 13.2. The third-order valence-corrected chi connectivity index (χ3v) is 6.90. The summed E-state index contributed by atoms with van der Waals surface area (Å²) in [6.07, 6.45) is 4.77. The van der Waals surface area contributed by atoms with Gasteiger partial charge < -0.3 is 5.11 Å². The number of phenols is 1. The number of aromatic hydroxyl groups is 1. The van der Waals surface area contributed by atoms with Crippen molar-refractivity contribution in [1.29, 1.82) is 0 Å². The minimum atomic E-state index is -0.350. The Labute approximate surface area is 177 Å². The van der Waals surface area contributed by atoms with Crippen molar-refractivity contribution in [1.82, 2.24) is 9.55 Å². The summed E-state index contributed by atoms with van der Waals surface area (Å²) in [4.78, 5) is 20.5. The van der Waals surface area contributed by atoms with Gasteiger partial charge in [0.05, 0.1) is 5.39 Å². The predicted octanol–water partition coefficient (Wildman–Crippen LogP) is 5.09. The van der Waals surface area contributed by atoms with E-state index in [9.17, 15) is 14.3 Å². The Balaban J connectivity index is 1.66. The Morgan fingerprint density at radius 3 is 2.70 bits per heavy atom. The number of fused-ring (bicyclic) bond motifs is 3. The van der Waals surface area contributed by atoms with Gasteiger partial charge in [0.1, 0.15) is 22.2 Å². The number of benzene rings is 2. The van der Waals surface area contributed by atoms with Crippen LogP contribution in [0.2, 0.25) is 0 Å². The Kier molecular flexibility index (Phi) is 4.87. The summed E-state index contributed by atoms with van der Waals surface area (Å²) in [5.41, 5.74) is 2.73. The van der Waals surface area contributed by atoms with E-state index in [2.05, 4.69) is 0 Å². The number of halogens is 1. The highest BCUT2D eigenvalue weighted by molar-refractivity contribution is 7.18. The molecule has 1 aliphatic rings. The lowest BCUT2D eigenvalue weighted by atomic mass is 9.97. The van der Waals surface area contributed by atoms with Crippen molar-refractivity contribution in [2.24, 2.45) is 0 Å². The molecule has 4 nitrogen and oxygen atoms in total. The lowest BCUT2D eigenvalue weighted by Crippen LogP contribution is -2.25. The fourth-order valence-corrected chi connectivity index (χ4v) is 5.45. The summed E-state index contributed by atoms with van der Waals surface area (Å²) < 4.78 is 15.6. The molecule has 30 heavy (non-hydrogen) atoms. The minimum absolute atomic E-state index is 0.0440. The maximum atomic E-state index is 13.9. The molecule has 6 heteroatoms. The summed E-state index contributed by atoms with van der Waals surface area (Å²) in [7, 11) is 0. The first-order valence-electron chi connectivity index (χ1n) is 10.2. The van der Waals surface area contributed by atoms with Crippen LogP contribution in [-0.2, 0) is 25.8 Å². The molecule has 0 radical (unpaired) electrons. The minimum Gasteiger partial charge on any atom is -0.508 e. The van der Waals surface area contributed by atoms with Gasteiger partial charge in [-0.05, 0) is 67.5 Å². The number of thiophene rings is 1. The summed E-state index contributed by atoms with van der Waals surface area (Å²) in [6.45, 7) is 0.434. The Morgan fingerprint density at radius 1 is 1.10 bits per heavy atom. The van der Waals surface area contributed by atoms with Crippen LogP contribution >= 0.6 is 11.3 Å². The first-order chi connectivity index (χ1) is 14.6. The van der Waals surface area contributed by atoms with Gasteiger partial charge in [-0.15, -0.1) is 11.3 Å². The maximum absolute atomic E-state index is 13.9. The van der Waals surface area contributed by atoms with Crippen molar-refractivity contribution >= 4 is 21.6 Å². The van der Waals surface area contributed by atoms with Crippen LogP contribution in [0.25, 0.3) is 21.6 Å². The van der Waals surface area contributed by atoms with Crippen molar-refractivity contribution < 1.29 is 9.50 Å². The molecule has 0 saturated carbocycles. The lowest BCUT2D eigenvalue weighted by molar-refractivity contribution is 0.475. The number of aromatic nitrogens is 2. The molecule has 0 atom stereocenters. The standard InChI is InChI=1S/C24H21FN2O2S/c25-17-5-3-4-16(14-17)22-26-23-21(19-6-1-2-7-20(19)30-23)24(29)27(22)13-12-15-8-10-18(28)11-9-15/h3-5,8-11,14,28H,1-2,6-7,12-13H2. The van der Waals surface area contributed by atoms with Crippen molar-refractivity contribution in [3.8, 4) is 17.1 Å². The van der Waals surface area contributed by atoms with E-state index in [0.717, 1.165) is 47.0 Å². The molecule has 2 heterocycles. The number of hydrogen-bond donors (Lipinski definition) is 1. The topological polar surface area (TPSA) is 55.1 Å². The zero-order valence-corrected chi connectivity index (χ0v) is 17.2. The molecular formula is C24H21FN2O2S. The number of rotatable bonds is 4. The number of aryl methyl sites for hydroxylation is 3. The maximum Gasteiger partial charge on any atom is 0.262 e. The zero-order chi connectivity index (χ0) is 20.7. The van der Waals surface area contributed by atoms with Gasteiger partial charge in [-0.2, -0.15) is 0 Å². The van der Waals surface area contributed by atoms with Crippen LogP contribution in [0.5, 0.6) is 5.75 Å². The SMILES string of the molecule is O=c1c2c3c(sc2nc(-c2cccc(F)c2)n1CCc1ccc(O)cc1)CCCC3. The number of nitrogens with zero attached hydrogens (tertiary/aromatic N) is 2. The third kappa shape index (κ3) is 3.41. The quantitative estimate of drug-likeness (QED) is 0.500. The summed E-state index contributed by atoms with van der Waals surface area (Å²) in [5, 5.41) is 10.2. The molecule has 2 aromatic heterocycles. The van der Waals surface area contributed by atoms with Gasteiger partial charge in [0.15, 0.2) is 0 Å². The average molecular weight is 421 g/mol. The van der Waals surface area contributed by atoms with Gasteiger partial charge in [0.25, 0.3) is 5.56 Å². The van der Waals surface area contributed by atoms with Crippen molar-refractivity contribution in [2.75, 3.05) is 0 Å². The molecule has 0 fully saturated rings. The van der Waals surface area contributed by atoms with E-state index >= 15 is 0 Å². The highest BCUT2D eigenvalue weighted by atomic mass is 32.1. The largest absolute Gasteiger partial charge is 0.508 e. The molecule has 5 rings (SSSR count). The molecule has 1 N–H and O–H groups in total. The van der Waals surface area contributed by atoms with Gasteiger partial charge in [-0.25, -0.2) is 9.37 Å². The van der Waals surface area contributed by atoms with E-state index in [-0.39, 0.29) is 17.1 Å². The highest BCUT2D eigenvalue weighted by Crippen LogP contribution is 2.35.